The predicted octanol–water partition coefficient (Wildman–Crippen LogP) is 1.88. The molecule has 5 nitrogen and oxygen atoms in total. The zero-order chi connectivity index (χ0) is 14.6. The van der Waals surface area contributed by atoms with Crippen molar-refractivity contribution in [2.45, 2.75) is 58.5 Å². The van der Waals surface area contributed by atoms with Gasteiger partial charge in [0.25, 0.3) is 0 Å². The SMILES string of the molecule is CCO[Si](CC(N)CCCCCN)(OCC)OCC. The van der Waals surface area contributed by atoms with Gasteiger partial charge in [0.05, 0.1) is 0 Å². The second kappa shape index (κ2) is 11.8. The normalized spacial score (nSPS) is 13.7. The van der Waals surface area contributed by atoms with Crippen LogP contribution in [0.3, 0.4) is 0 Å². The second-order valence-corrected chi connectivity index (χ2v) is 7.22. The van der Waals surface area contributed by atoms with Gasteiger partial charge >= 0.3 is 8.80 Å². The molecule has 0 spiro atoms. The van der Waals surface area contributed by atoms with E-state index < -0.39 is 8.80 Å². The van der Waals surface area contributed by atoms with E-state index >= 15 is 0 Å². The van der Waals surface area contributed by atoms with Crippen LogP contribution in [-0.2, 0) is 13.3 Å². The number of hydrogen-bond acceptors (Lipinski definition) is 5. The molecular weight excluding hydrogens is 260 g/mol. The molecule has 1 unspecified atom stereocenters. The third kappa shape index (κ3) is 8.72. The van der Waals surface area contributed by atoms with Gasteiger partial charge in [-0.1, -0.05) is 12.8 Å². The standard InChI is InChI=1S/C13H32N2O3Si/c1-4-16-19(17-5-2,18-6-3)12-13(15)10-8-7-9-11-14/h13H,4-12,14-15H2,1-3H3. The fraction of sp³-hybridized carbons (Fsp3) is 1.00. The molecule has 0 radical (unpaired) electrons. The maximum Gasteiger partial charge on any atom is 0.502 e. The minimum Gasteiger partial charge on any atom is -0.374 e. The lowest BCUT2D eigenvalue weighted by atomic mass is 10.1. The summed E-state index contributed by atoms with van der Waals surface area (Å²) in [4.78, 5) is 0. The molecule has 0 heterocycles. The maximum atomic E-state index is 6.20. The Morgan fingerprint density at radius 1 is 0.895 bits per heavy atom. The van der Waals surface area contributed by atoms with E-state index in [-0.39, 0.29) is 6.04 Å². The van der Waals surface area contributed by atoms with Gasteiger partial charge in [0.1, 0.15) is 0 Å². The quantitative estimate of drug-likeness (QED) is 0.400. The van der Waals surface area contributed by atoms with Crippen LogP contribution in [0.15, 0.2) is 0 Å². The van der Waals surface area contributed by atoms with E-state index in [4.69, 9.17) is 24.7 Å². The first-order chi connectivity index (χ1) is 9.14. The van der Waals surface area contributed by atoms with Crippen LogP contribution in [0.4, 0.5) is 0 Å². The van der Waals surface area contributed by atoms with Crippen LogP contribution in [0, 0.1) is 0 Å². The Bertz CT molecular complexity index is 191. The molecule has 4 N–H and O–H groups in total. The summed E-state index contributed by atoms with van der Waals surface area (Å²) in [6, 6.07) is 0.777. The van der Waals surface area contributed by atoms with Crippen LogP contribution in [0.1, 0.15) is 46.5 Å². The molecule has 0 rings (SSSR count). The highest BCUT2D eigenvalue weighted by Crippen LogP contribution is 2.20. The Balaban J connectivity index is 4.26. The molecule has 0 saturated carbocycles. The number of hydrogen-bond donors (Lipinski definition) is 2. The van der Waals surface area contributed by atoms with Crippen molar-refractivity contribution in [3.8, 4) is 0 Å². The Labute approximate surface area is 119 Å². The van der Waals surface area contributed by atoms with Gasteiger partial charge in [-0.3, -0.25) is 0 Å². The van der Waals surface area contributed by atoms with Gasteiger partial charge in [0.2, 0.25) is 0 Å². The molecule has 0 aliphatic carbocycles. The Morgan fingerprint density at radius 3 is 1.84 bits per heavy atom. The molecule has 0 saturated heterocycles. The van der Waals surface area contributed by atoms with E-state index in [0.717, 1.165) is 32.2 Å². The van der Waals surface area contributed by atoms with Gasteiger partial charge in [0.15, 0.2) is 0 Å². The van der Waals surface area contributed by atoms with E-state index in [1.54, 1.807) is 0 Å². The summed E-state index contributed by atoms with van der Waals surface area (Å²) in [6.07, 6.45) is 4.28. The third-order valence-corrected chi connectivity index (χ3v) is 6.09. The first kappa shape index (κ1) is 19.0. The minimum absolute atomic E-state index is 0.0779. The molecule has 1 atom stereocenters. The zero-order valence-corrected chi connectivity index (χ0v) is 13.8. The Hall–Kier alpha value is 0.0169. The minimum atomic E-state index is -2.58. The van der Waals surface area contributed by atoms with Crippen molar-refractivity contribution in [3.05, 3.63) is 0 Å². The zero-order valence-electron chi connectivity index (χ0n) is 12.8. The molecule has 6 heteroatoms. The molecule has 0 amide bonds. The van der Waals surface area contributed by atoms with Crippen molar-refractivity contribution >= 4 is 8.80 Å². The Morgan fingerprint density at radius 2 is 1.42 bits per heavy atom. The van der Waals surface area contributed by atoms with Crippen molar-refractivity contribution in [1.82, 2.24) is 0 Å². The molecule has 0 aromatic heterocycles. The highest BCUT2D eigenvalue weighted by atomic mass is 28.4. The molecule has 0 aromatic rings. The lowest BCUT2D eigenvalue weighted by molar-refractivity contribution is 0.0693. The van der Waals surface area contributed by atoms with E-state index in [1.165, 1.54) is 0 Å². The molecule has 116 valence electrons. The fourth-order valence-electron chi connectivity index (χ4n) is 2.11. The summed E-state index contributed by atoms with van der Waals surface area (Å²) in [7, 11) is -2.58. The van der Waals surface area contributed by atoms with Crippen molar-refractivity contribution in [2.24, 2.45) is 11.5 Å². The highest BCUT2D eigenvalue weighted by Gasteiger charge is 2.41. The largest absolute Gasteiger partial charge is 0.502 e. The van der Waals surface area contributed by atoms with Crippen LogP contribution < -0.4 is 11.5 Å². The maximum absolute atomic E-state index is 6.20. The Kier molecular flexibility index (Phi) is 11.8. The van der Waals surface area contributed by atoms with Crippen molar-refractivity contribution < 1.29 is 13.3 Å². The molecule has 0 aliphatic rings. The lowest BCUT2D eigenvalue weighted by Gasteiger charge is -2.30. The second-order valence-electron chi connectivity index (χ2n) is 4.58. The number of unbranched alkanes of at least 4 members (excludes halogenated alkanes) is 2. The van der Waals surface area contributed by atoms with Crippen molar-refractivity contribution in [3.63, 3.8) is 0 Å². The van der Waals surface area contributed by atoms with E-state index in [0.29, 0.717) is 25.9 Å². The van der Waals surface area contributed by atoms with Gasteiger partial charge in [0, 0.05) is 31.9 Å². The average molecular weight is 292 g/mol. The monoisotopic (exact) mass is 292 g/mol. The van der Waals surface area contributed by atoms with Gasteiger partial charge in [-0.05, 0) is 40.2 Å². The van der Waals surface area contributed by atoms with Crippen LogP contribution in [0.25, 0.3) is 0 Å². The summed E-state index contributed by atoms with van der Waals surface area (Å²) in [5.41, 5.74) is 11.7. The molecular formula is C13H32N2O3Si. The van der Waals surface area contributed by atoms with Gasteiger partial charge < -0.3 is 24.7 Å². The van der Waals surface area contributed by atoms with E-state index in [2.05, 4.69) is 0 Å². The van der Waals surface area contributed by atoms with Crippen molar-refractivity contribution in [2.75, 3.05) is 26.4 Å². The summed E-state index contributed by atoms with van der Waals surface area (Å²) >= 11 is 0. The van der Waals surface area contributed by atoms with Crippen molar-refractivity contribution in [1.29, 1.82) is 0 Å². The van der Waals surface area contributed by atoms with E-state index in [9.17, 15) is 0 Å². The summed E-state index contributed by atoms with van der Waals surface area (Å²) in [5.74, 6) is 0. The fourth-order valence-corrected chi connectivity index (χ4v) is 4.88. The van der Waals surface area contributed by atoms with Gasteiger partial charge in [-0.15, -0.1) is 0 Å². The smallest absolute Gasteiger partial charge is 0.374 e. The molecule has 0 aromatic carbocycles. The molecule has 0 fully saturated rings. The van der Waals surface area contributed by atoms with Crippen LogP contribution in [0.5, 0.6) is 0 Å². The highest BCUT2D eigenvalue weighted by molar-refractivity contribution is 6.60. The topological polar surface area (TPSA) is 79.7 Å². The molecule has 0 bridgehead atoms. The molecule has 0 aliphatic heterocycles. The van der Waals surface area contributed by atoms with Crippen LogP contribution >= 0.6 is 0 Å². The van der Waals surface area contributed by atoms with E-state index in [1.807, 2.05) is 20.8 Å². The van der Waals surface area contributed by atoms with Crippen LogP contribution in [0.2, 0.25) is 6.04 Å². The van der Waals surface area contributed by atoms with Gasteiger partial charge in [-0.25, -0.2) is 0 Å². The van der Waals surface area contributed by atoms with Gasteiger partial charge in [-0.2, -0.15) is 0 Å². The number of nitrogens with two attached hydrogens (primary N) is 2. The lowest BCUT2D eigenvalue weighted by Crippen LogP contribution is -2.50. The molecule has 19 heavy (non-hydrogen) atoms. The summed E-state index contributed by atoms with van der Waals surface area (Å²) in [6.45, 7) is 8.46. The average Bonchev–Trinajstić information content (AvgIpc) is 2.35. The first-order valence-corrected chi connectivity index (χ1v) is 9.44. The van der Waals surface area contributed by atoms with Crippen LogP contribution in [-0.4, -0.2) is 41.2 Å². The number of rotatable bonds is 13. The summed E-state index contributed by atoms with van der Waals surface area (Å²) < 4.78 is 17.4. The predicted molar refractivity (Wildman–Crippen MR) is 80.9 cm³/mol. The third-order valence-electron chi connectivity index (χ3n) is 2.88. The first-order valence-electron chi connectivity index (χ1n) is 7.51. The summed E-state index contributed by atoms with van der Waals surface area (Å²) in [5, 5.41) is 0.